The Kier molecular flexibility index (Phi) is 3.98. The van der Waals surface area contributed by atoms with Crippen molar-refractivity contribution in [2.75, 3.05) is 7.11 Å². The molecule has 1 unspecified atom stereocenters. The lowest BCUT2D eigenvalue weighted by atomic mass is 10.1. The molecule has 1 atom stereocenters. The molecule has 0 bridgehead atoms. The van der Waals surface area contributed by atoms with E-state index in [9.17, 15) is 4.79 Å². The molecular weight excluding hydrogens is 178 g/mol. The maximum Gasteiger partial charge on any atom is 0.407 e. The topological polar surface area (TPSA) is 38.3 Å². The second-order valence-electron chi connectivity index (χ2n) is 3.23. The molecule has 0 aromatic heterocycles. The predicted molar refractivity (Wildman–Crippen MR) is 55.1 cm³/mol. The number of ether oxygens (including phenoxy) is 1. The number of methoxy groups -OCH3 is 1. The molecule has 14 heavy (non-hydrogen) atoms. The summed E-state index contributed by atoms with van der Waals surface area (Å²) < 4.78 is 4.51. The molecule has 0 radical (unpaired) electrons. The van der Waals surface area contributed by atoms with E-state index in [0.29, 0.717) is 0 Å². The SMILES string of the molecule is COC(=O)NC(C)Cc1ccccc1. The highest BCUT2D eigenvalue weighted by molar-refractivity contribution is 5.67. The normalized spacial score (nSPS) is 11.9. The lowest BCUT2D eigenvalue weighted by Crippen LogP contribution is -2.33. The van der Waals surface area contributed by atoms with Crippen LogP contribution in [0.1, 0.15) is 12.5 Å². The van der Waals surface area contributed by atoms with Crippen LogP contribution in [0, 0.1) is 0 Å². The quantitative estimate of drug-likeness (QED) is 0.797. The summed E-state index contributed by atoms with van der Waals surface area (Å²) in [6.45, 7) is 1.95. The monoisotopic (exact) mass is 193 g/mol. The molecule has 0 saturated heterocycles. The molecule has 0 fully saturated rings. The minimum atomic E-state index is -0.381. The molecule has 3 heteroatoms. The van der Waals surface area contributed by atoms with E-state index in [1.165, 1.54) is 12.7 Å². The number of benzene rings is 1. The van der Waals surface area contributed by atoms with Crippen molar-refractivity contribution in [2.24, 2.45) is 0 Å². The van der Waals surface area contributed by atoms with E-state index in [2.05, 4.69) is 10.1 Å². The standard InChI is InChI=1S/C11H15NO2/c1-9(12-11(13)14-2)8-10-6-4-3-5-7-10/h3-7,9H,8H2,1-2H3,(H,12,13). The summed E-state index contributed by atoms with van der Waals surface area (Å²) in [7, 11) is 1.37. The van der Waals surface area contributed by atoms with E-state index in [4.69, 9.17) is 0 Å². The average molecular weight is 193 g/mol. The van der Waals surface area contributed by atoms with E-state index in [-0.39, 0.29) is 12.1 Å². The molecule has 1 amide bonds. The molecule has 1 aromatic rings. The Morgan fingerprint density at radius 1 is 1.43 bits per heavy atom. The third-order valence-corrected chi connectivity index (χ3v) is 1.93. The van der Waals surface area contributed by atoms with Gasteiger partial charge in [-0.3, -0.25) is 0 Å². The molecule has 0 saturated carbocycles. The van der Waals surface area contributed by atoms with E-state index in [0.717, 1.165) is 6.42 Å². The molecule has 1 aromatic carbocycles. The second kappa shape index (κ2) is 5.27. The lowest BCUT2D eigenvalue weighted by Gasteiger charge is -2.12. The zero-order valence-electron chi connectivity index (χ0n) is 8.49. The lowest BCUT2D eigenvalue weighted by molar-refractivity contribution is 0.167. The summed E-state index contributed by atoms with van der Waals surface area (Å²) in [5.74, 6) is 0. The highest BCUT2D eigenvalue weighted by Crippen LogP contribution is 2.02. The van der Waals surface area contributed by atoms with Gasteiger partial charge in [0.2, 0.25) is 0 Å². The number of hydrogen-bond acceptors (Lipinski definition) is 2. The van der Waals surface area contributed by atoms with Gasteiger partial charge in [-0.25, -0.2) is 4.79 Å². The van der Waals surface area contributed by atoms with E-state index in [1.54, 1.807) is 0 Å². The minimum Gasteiger partial charge on any atom is -0.453 e. The van der Waals surface area contributed by atoms with Gasteiger partial charge in [-0.2, -0.15) is 0 Å². The summed E-state index contributed by atoms with van der Waals surface area (Å²) in [5.41, 5.74) is 1.21. The predicted octanol–water partition coefficient (Wildman–Crippen LogP) is 1.97. The van der Waals surface area contributed by atoms with Gasteiger partial charge in [0.15, 0.2) is 0 Å². The molecule has 76 valence electrons. The van der Waals surface area contributed by atoms with Crippen molar-refractivity contribution >= 4 is 6.09 Å². The van der Waals surface area contributed by atoms with Crippen LogP contribution in [-0.2, 0) is 11.2 Å². The Morgan fingerprint density at radius 3 is 2.64 bits per heavy atom. The van der Waals surface area contributed by atoms with Crippen LogP contribution in [-0.4, -0.2) is 19.2 Å². The number of carbonyl (C=O) groups excluding carboxylic acids is 1. The Morgan fingerprint density at radius 2 is 2.07 bits per heavy atom. The molecular formula is C11H15NO2. The van der Waals surface area contributed by atoms with Crippen molar-refractivity contribution in [3.8, 4) is 0 Å². The molecule has 0 spiro atoms. The third kappa shape index (κ3) is 3.47. The van der Waals surface area contributed by atoms with Gasteiger partial charge in [0, 0.05) is 6.04 Å². The van der Waals surface area contributed by atoms with Crippen molar-refractivity contribution < 1.29 is 9.53 Å². The highest BCUT2D eigenvalue weighted by atomic mass is 16.5. The number of alkyl carbamates (subject to hydrolysis) is 1. The van der Waals surface area contributed by atoms with Crippen LogP contribution in [0.4, 0.5) is 4.79 Å². The van der Waals surface area contributed by atoms with Gasteiger partial charge in [-0.1, -0.05) is 30.3 Å². The van der Waals surface area contributed by atoms with Crippen LogP contribution in [0.2, 0.25) is 0 Å². The van der Waals surface area contributed by atoms with Gasteiger partial charge >= 0.3 is 6.09 Å². The summed E-state index contributed by atoms with van der Waals surface area (Å²) in [4.78, 5) is 10.9. The summed E-state index contributed by atoms with van der Waals surface area (Å²) in [5, 5.41) is 2.72. The zero-order chi connectivity index (χ0) is 10.4. The first kappa shape index (κ1) is 10.6. The van der Waals surface area contributed by atoms with Gasteiger partial charge < -0.3 is 10.1 Å². The van der Waals surface area contributed by atoms with Crippen molar-refractivity contribution in [3.63, 3.8) is 0 Å². The first-order chi connectivity index (χ1) is 6.72. The molecule has 3 nitrogen and oxygen atoms in total. The second-order valence-corrected chi connectivity index (χ2v) is 3.23. The zero-order valence-corrected chi connectivity index (χ0v) is 8.49. The number of nitrogens with one attached hydrogen (secondary N) is 1. The summed E-state index contributed by atoms with van der Waals surface area (Å²) in [6.07, 6.45) is 0.434. The summed E-state index contributed by atoms with van der Waals surface area (Å²) in [6, 6.07) is 10.1. The fourth-order valence-corrected chi connectivity index (χ4v) is 1.28. The van der Waals surface area contributed by atoms with Crippen LogP contribution < -0.4 is 5.32 Å². The van der Waals surface area contributed by atoms with E-state index in [1.807, 2.05) is 37.3 Å². The fourth-order valence-electron chi connectivity index (χ4n) is 1.28. The van der Waals surface area contributed by atoms with Gasteiger partial charge in [-0.15, -0.1) is 0 Å². The smallest absolute Gasteiger partial charge is 0.407 e. The number of amides is 1. The largest absolute Gasteiger partial charge is 0.453 e. The van der Waals surface area contributed by atoms with Crippen LogP contribution >= 0.6 is 0 Å². The number of rotatable bonds is 3. The molecule has 0 aliphatic heterocycles. The Balaban J connectivity index is 2.41. The van der Waals surface area contributed by atoms with E-state index >= 15 is 0 Å². The molecule has 0 aliphatic carbocycles. The average Bonchev–Trinajstić information content (AvgIpc) is 2.19. The number of carbonyl (C=O) groups is 1. The molecule has 1 rings (SSSR count). The Labute approximate surface area is 84.1 Å². The van der Waals surface area contributed by atoms with Crippen molar-refractivity contribution in [3.05, 3.63) is 35.9 Å². The van der Waals surface area contributed by atoms with Crippen LogP contribution in [0.3, 0.4) is 0 Å². The maximum absolute atomic E-state index is 10.9. The minimum absolute atomic E-state index is 0.0878. The van der Waals surface area contributed by atoms with E-state index < -0.39 is 0 Å². The van der Waals surface area contributed by atoms with Crippen LogP contribution in [0.25, 0.3) is 0 Å². The van der Waals surface area contributed by atoms with Crippen molar-refractivity contribution in [1.82, 2.24) is 5.32 Å². The first-order valence-electron chi connectivity index (χ1n) is 4.61. The fraction of sp³-hybridized carbons (Fsp3) is 0.364. The van der Waals surface area contributed by atoms with Crippen LogP contribution in [0.15, 0.2) is 30.3 Å². The molecule has 0 aliphatic rings. The molecule has 0 heterocycles. The van der Waals surface area contributed by atoms with Gasteiger partial charge in [0.25, 0.3) is 0 Å². The van der Waals surface area contributed by atoms with Gasteiger partial charge in [0.1, 0.15) is 0 Å². The van der Waals surface area contributed by atoms with Crippen LogP contribution in [0.5, 0.6) is 0 Å². The van der Waals surface area contributed by atoms with Crippen molar-refractivity contribution in [2.45, 2.75) is 19.4 Å². The Hall–Kier alpha value is -1.51. The van der Waals surface area contributed by atoms with Gasteiger partial charge in [-0.05, 0) is 18.9 Å². The number of hydrogen-bond donors (Lipinski definition) is 1. The van der Waals surface area contributed by atoms with Gasteiger partial charge in [0.05, 0.1) is 7.11 Å². The van der Waals surface area contributed by atoms with Crippen molar-refractivity contribution in [1.29, 1.82) is 0 Å². The highest BCUT2D eigenvalue weighted by Gasteiger charge is 2.06. The summed E-state index contributed by atoms with van der Waals surface area (Å²) >= 11 is 0. The third-order valence-electron chi connectivity index (χ3n) is 1.93. The maximum atomic E-state index is 10.9. The Bertz CT molecular complexity index is 285. The first-order valence-corrected chi connectivity index (χ1v) is 4.61. The molecule has 1 N–H and O–H groups in total.